The zero-order valence-electron chi connectivity index (χ0n) is 7.11. The number of allylic oxidation sites excluding steroid dienone is 1. The van der Waals surface area contributed by atoms with Gasteiger partial charge < -0.3 is 5.73 Å². The molecule has 4 nitrogen and oxygen atoms in total. The molecular formula is C8H9ClN4. The van der Waals surface area contributed by atoms with Crippen molar-refractivity contribution < 1.29 is 0 Å². The molecule has 0 aromatic carbocycles. The van der Waals surface area contributed by atoms with Crippen LogP contribution in [-0.2, 0) is 0 Å². The number of aromatic nitrogens is 2. The first-order valence-corrected chi connectivity index (χ1v) is 3.99. The summed E-state index contributed by atoms with van der Waals surface area (Å²) in [5, 5.41) is 7.89. The Morgan fingerprint density at radius 2 is 2.31 bits per heavy atom. The lowest BCUT2D eigenvalue weighted by molar-refractivity contribution is 1.01. The van der Waals surface area contributed by atoms with Gasteiger partial charge >= 0.3 is 0 Å². The number of aliphatic imine (C=N–C) groups is 1. The Kier molecular flexibility index (Phi) is 3.40. The Morgan fingerprint density at radius 1 is 1.54 bits per heavy atom. The van der Waals surface area contributed by atoms with Crippen LogP contribution >= 0.6 is 11.6 Å². The van der Waals surface area contributed by atoms with Crippen LogP contribution in [0.15, 0.2) is 23.3 Å². The Labute approximate surface area is 81.1 Å². The van der Waals surface area contributed by atoms with Crippen molar-refractivity contribution in [2.75, 3.05) is 7.05 Å². The number of halogens is 1. The lowest BCUT2D eigenvalue weighted by Crippen LogP contribution is -1.96. The van der Waals surface area contributed by atoms with E-state index in [9.17, 15) is 0 Å². The van der Waals surface area contributed by atoms with E-state index in [1.807, 2.05) is 0 Å². The van der Waals surface area contributed by atoms with Crippen molar-refractivity contribution in [3.63, 3.8) is 0 Å². The molecule has 0 aliphatic carbocycles. The molecular weight excluding hydrogens is 188 g/mol. The van der Waals surface area contributed by atoms with Crippen LogP contribution in [0.4, 0.5) is 0 Å². The van der Waals surface area contributed by atoms with Gasteiger partial charge in [0.25, 0.3) is 0 Å². The molecule has 13 heavy (non-hydrogen) atoms. The summed E-state index contributed by atoms with van der Waals surface area (Å²) in [7, 11) is 1.66. The average molecular weight is 197 g/mol. The van der Waals surface area contributed by atoms with Crippen LogP contribution in [0.3, 0.4) is 0 Å². The Balaban J connectivity index is 3.00. The predicted octanol–water partition coefficient (Wildman–Crippen LogP) is 1.13. The van der Waals surface area contributed by atoms with E-state index in [2.05, 4.69) is 15.2 Å². The van der Waals surface area contributed by atoms with Gasteiger partial charge in [-0.25, -0.2) is 0 Å². The number of hydrogen-bond donors (Lipinski definition) is 1. The smallest absolute Gasteiger partial charge is 0.151 e. The molecule has 0 spiro atoms. The standard InChI is InChI=1S/C8H9ClN4/c1-11-5-6(4-10)7-2-3-8(9)13-12-7/h2-5H,10H2,1H3. The molecule has 0 amide bonds. The highest BCUT2D eigenvalue weighted by Gasteiger charge is 1.99. The maximum Gasteiger partial charge on any atom is 0.151 e. The van der Waals surface area contributed by atoms with Gasteiger partial charge in [-0.05, 0) is 12.1 Å². The molecule has 0 atom stereocenters. The van der Waals surface area contributed by atoms with Gasteiger partial charge in [0.2, 0.25) is 0 Å². The first-order valence-electron chi connectivity index (χ1n) is 3.61. The minimum atomic E-state index is 0.355. The summed E-state index contributed by atoms with van der Waals surface area (Å²) >= 11 is 5.58. The van der Waals surface area contributed by atoms with Crippen molar-refractivity contribution in [3.8, 4) is 0 Å². The third-order valence-electron chi connectivity index (χ3n) is 1.38. The van der Waals surface area contributed by atoms with Crippen molar-refractivity contribution >= 4 is 23.4 Å². The van der Waals surface area contributed by atoms with Crippen LogP contribution in [0.1, 0.15) is 5.69 Å². The minimum absolute atomic E-state index is 0.355. The molecule has 0 unspecified atom stereocenters. The molecule has 1 aromatic rings. The molecule has 2 N–H and O–H groups in total. The average Bonchev–Trinajstić information content (AvgIpc) is 2.16. The molecule has 0 radical (unpaired) electrons. The molecule has 5 heteroatoms. The maximum absolute atomic E-state index is 5.58. The summed E-state index contributed by atoms with van der Waals surface area (Å²) in [5.41, 5.74) is 6.74. The molecule has 0 bridgehead atoms. The lowest BCUT2D eigenvalue weighted by atomic mass is 10.2. The summed E-state index contributed by atoms with van der Waals surface area (Å²) in [5.74, 6) is 0. The van der Waals surface area contributed by atoms with Gasteiger partial charge in [0, 0.05) is 25.0 Å². The van der Waals surface area contributed by atoms with E-state index in [0.717, 1.165) is 0 Å². The van der Waals surface area contributed by atoms with Gasteiger partial charge in [-0.3, -0.25) is 4.99 Å². The monoisotopic (exact) mass is 196 g/mol. The van der Waals surface area contributed by atoms with E-state index < -0.39 is 0 Å². The van der Waals surface area contributed by atoms with Crippen molar-refractivity contribution in [1.82, 2.24) is 10.2 Å². The number of nitrogens with zero attached hydrogens (tertiary/aromatic N) is 3. The third kappa shape index (κ3) is 2.52. The van der Waals surface area contributed by atoms with Gasteiger partial charge in [0.05, 0.1) is 5.69 Å². The van der Waals surface area contributed by atoms with Crippen LogP contribution in [0.5, 0.6) is 0 Å². The predicted molar refractivity (Wildman–Crippen MR) is 53.6 cm³/mol. The van der Waals surface area contributed by atoms with Crippen LogP contribution in [0, 0.1) is 0 Å². The van der Waals surface area contributed by atoms with Crippen LogP contribution in [0.25, 0.3) is 5.57 Å². The Morgan fingerprint density at radius 3 is 2.77 bits per heavy atom. The van der Waals surface area contributed by atoms with Crippen molar-refractivity contribution in [1.29, 1.82) is 0 Å². The second-order valence-electron chi connectivity index (χ2n) is 2.25. The zero-order valence-corrected chi connectivity index (χ0v) is 7.86. The quantitative estimate of drug-likeness (QED) is 0.722. The van der Waals surface area contributed by atoms with Gasteiger partial charge in [-0.15, -0.1) is 10.2 Å². The van der Waals surface area contributed by atoms with Crippen LogP contribution in [0.2, 0.25) is 5.15 Å². The Hall–Kier alpha value is -1.42. The SMILES string of the molecule is CN=CC(=CN)c1ccc(Cl)nn1. The van der Waals surface area contributed by atoms with Crippen LogP contribution < -0.4 is 5.73 Å². The largest absolute Gasteiger partial charge is 0.404 e. The number of rotatable bonds is 2. The van der Waals surface area contributed by atoms with Crippen molar-refractivity contribution in [3.05, 3.63) is 29.2 Å². The van der Waals surface area contributed by atoms with Crippen LogP contribution in [-0.4, -0.2) is 23.5 Å². The van der Waals surface area contributed by atoms with Gasteiger partial charge in [0.15, 0.2) is 5.15 Å². The lowest BCUT2D eigenvalue weighted by Gasteiger charge is -1.97. The van der Waals surface area contributed by atoms with E-state index in [1.165, 1.54) is 6.20 Å². The van der Waals surface area contributed by atoms with Crippen molar-refractivity contribution in [2.45, 2.75) is 0 Å². The molecule has 0 aliphatic heterocycles. The number of hydrogen-bond acceptors (Lipinski definition) is 4. The number of nitrogens with two attached hydrogens (primary N) is 1. The molecule has 0 fully saturated rings. The summed E-state index contributed by atoms with van der Waals surface area (Å²) in [6, 6.07) is 3.38. The van der Waals surface area contributed by atoms with Gasteiger partial charge in [-0.1, -0.05) is 11.6 Å². The maximum atomic E-state index is 5.58. The Bertz CT molecular complexity index is 329. The molecule has 1 rings (SSSR count). The normalized spacial score (nSPS) is 12.3. The second-order valence-corrected chi connectivity index (χ2v) is 2.64. The molecule has 1 heterocycles. The third-order valence-corrected chi connectivity index (χ3v) is 1.58. The summed E-state index contributed by atoms with van der Waals surface area (Å²) < 4.78 is 0. The van der Waals surface area contributed by atoms with E-state index in [1.54, 1.807) is 25.4 Å². The van der Waals surface area contributed by atoms with Gasteiger partial charge in [-0.2, -0.15) is 0 Å². The first-order chi connectivity index (χ1) is 6.27. The van der Waals surface area contributed by atoms with Gasteiger partial charge in [0.1, 0.15) is 0 Å². The molecule has 0 saturated heterocycles. The fraction of sp³-hybridized carbons (Fsp3) is 0.125. The molecule has 1 aromatic heterocycles. The van der Waals surface area contributed by atoms with E-state index in [4.69, 9.17) is 17.3 Å². The fourth-order valence-corrected chi connectivity index (χ4v) is 0.904. The van der Waals surface area contributed by atoms with E-state index in [0.29, 0.717) is 16.4 Å². The van der Waals surface area contributed by atoms with E-state index in [-0.39, 0.29) is 0 Å². The highest BCUT2D eigenvalue weighted by molar-refractivity contribution is 6.29. The summed E-state index contributed by atoms with van der Waals surface area (Å²) in [6.07, 6.45) is 3.03. The molecule has 68 valence electrons. The van der Waals surface area contributed by atoms with Crippen molar-refractivity contribution in [2.24, 2.45) is 10.7 Å². The topological polar surface area (TPSA) is 64.2 Å². The summed E-state index contributed by atoms with van der Waals surface area (Å²) in [6.45, 7) is 0. The first kappa shape index (κ1) is 9.67. The highest BCUT2D eigenvalue weighted by Crippen LogP contribution is 2.09. The minimum Gasteiger partial charge on any atom is -0.404 e. The summed E-state index contributed by atoms with van der Waals surface area (Å²) in [4.78, 5) is 3.83. The zero-order chi connectivity index (χ0) is 9.68. The van der Waals surface area contributed by atoms with E-state index >= 15 is 0 Å². The second kappa shape index (κ2) is 4.57. The highest BCUT2D eigenvalue weighted by atomic mass is 35.5. The fourth-order valence-electron chi connectivity index (χ4n) is 0.804. The molecule has 0 aliphatic rings. The molecule has 0 saturated carbocycles.